The van der Waals surface area contributed by atoms with E-state index in [0.717, 1.165) is 0 Å². The molecule has 1 unspecified atom stereocenters. The van der Waals surface area contributed by atoms with Crippen molar-refractivity contribution < 1.29 is 4.21 Å². The average Bonchev–Trinajstić information content (AvgIpc) is 2.50. The minimum absolute atomic E-state index is 0.331. The van der Waals surface area contributed by atoms with Crippen LogP contribution in [0.4, 0.5) is 0 Å². The summed E-state index contributed by atoms with van der Waals surface area (Å²) in [6, 6.07) is 0.331. The van der Waals surface area contributed by atoms with Crippen LogP contribution in [0.1, 0.15) is 26.8 Å². The molecule has 0 radical (unpaired) electrons. The predicted molar refractivity (Wildman–Crippen MR) is 49.6 cm³/mol. The Hall–Kier alpha value is -0.640. The van der Waals surface area contributed by atoms with Gasteiger partial charge in [-0.2, -0.15) is 0 Å². The standard InChI is InChI=1S/C8H14N2OS/c1-4-12(11)8-9-5-6-10(8)7(2)3/h5-7H,4H2,1-3H3. The van der Waals surface area contributed by atoms with E-state index in [1.807, 2.05) is 17.7 Å². The molecule has 3 nitrogen and oxygen atoms in total. The van der Waals surface area contributed by atoms with Crippen LogP contribution in [0, 0.1) is 0 Å². The van der Waals surface area contributed by atoms with Crippen LogP contribution in [0.25, 0.3) is 0 Å². The molecule has 0 amide bonds. The zero-order chi connectivity index (χ0) is 9.14. The Morgan fingerprint density at radius 3 is 2.83 bits per heavy atom. The molecular weight excluding hydrogens is 172 g/mol. The van der Waals surface area contributed by atoms with Crippen LogP contribution in [0.3, 0.4) is 0 Å². The summed E-state index contributed by atoms with van der Waals surface area (Å²) >= 11 is 0. The smallest absolute Gasteiger partial charge is 0.199 e. The second-order valence-electron chi connectivity index (χ2n) is 2.85. The lowest BCUT2D eigenvalue weighted by Gasteiger charge is -2.09. The molecule has 1 aromatic heterocycles. The van der Waals surface area contributed by atoms with Gasteiger partial charge in [-0.15, -0.1) is 0 Å². The third-order valence-corrected chi connectivity index (χ3v) is 2.90. The first-order valence-corrected chi connectivity index (χ1v) is 5.40. The minimum atomic E-state index is -0.940. The van der Waals surface area contributed by atoms with E-state index < -0.39 is 10.8 Å². The summed E-state index contributed by atoms with van der Waals surface area (Å²) < 4.78 is 13.4. The Labute approximate surface area is 75.3 Å². The normalized spacial score (nSPS) is 13.7. The molecule has 1 atom stereocenters. The molecule has 68 valence electrons. The maximum absolute atomic E-state index is 11.4. The second kappa shape index (κ2) is 3.85. The van der Waals surface area contributed by atoms with Gasteiger partial charge in [0.2, 0.25) is 0 Å². The number of hydrogen-bond acceptors (Lipinski definition) is 2. The van der Waals surface area contributed by atoms with Crippen LogP contribution in [0.5, 0.6) is 0 Å². The molecule has 12 heavy (non-hydrogen) atoms. The molecule has 1 aromatic rings. The fourth-order valence-corrected chi connectivity index (χ4v) is 1.94. The van der Waals surface area contributed by atoms with E-state index in [1.54, 1.807) is 6.20 Å². The SMILES string of the molecule is CCS(=O)c1nccn1C(C)C. The maximum Gasteiger partial charge on any atom is 0.199 e. The monoisotopic (exact) mass is 186 g/mol. The van der Waals surface area contributed by atoms with Gasteiger partial charge in [-0.25, -0.2) is 4.98 Å². The van der Waals surface area contributed by atoms with E-state index in [9.17, 15) is 4.21 Å². The Morgan fingerprint density at radius 2 is 2.33 bits per heavy atom. The highest BCUT2D eigenvalue weighted by Gasteiger charge is 2.10. The van der Waals surface area contributed by atoms with Crippen molar-refractivity contribution in [1.29, 1.82) is 0 Å². The Bertz CT molecular complexity index is 280. The van der Waals surface area contributed by atoms with Crippen molar-refractivity contribution in [1.82, 2.24) is 9.55 Å². The molecule has 0 saturated carbocycles. The fraction of sp³-hybridized carbons (Fsp3) is 0.625. The summed E-state index contributed by atoms with van der Waals surface area (Å²) in [6.45, 7) is 6.01. The molecule has 0 saturated heterocycles. The lowest BCUT2D eigenvalue weighted by molar-refractivity contribution is 0.541. The quantitative estimate of drug-likeness (QED) is 0.718. The van der Waals surface area contributed by atoms with Crippen molar-refractivity contribution in [3.63, 3.8) is 0 Å². The first-order chi connectivity index (χ1) is 5.66. The zero-order valence-electron chi connectivity index (χ0n) is 7.65. The first kappa shape index (κ1) is 9.45. The van der Waals surface area contributed by atoms with Crippen LogP contribution in [-0.2, 0) is 10.8 Å². The molecule has 0 aliphatic carbocycles. The van der Waals surface area contributed by atoms with E-state index in [1.165, 1.54) is 0 Å². The van der Waals surface area contributed by atoms with Crippen molar-refractivity contribution in [2.24, 2.45) is 0 Å². The Kier molecular flexibility index (Phi) is 3.03. The summed E-state index contributed by atoms with van der Waals surface area (Å²) in [5.41, 5.74) is 0. The third-order valence-electron chi connectivity index (χ3n) is 1.66. The summed E-state index contributed by atoms with van der Waals surface area (Å²) in [6.07, 6.45) is 3.57. The van der Waals surface area contributed by atoms with Crippen molar-refractivity contribution in [2.45, 2.75) is 32.0 Å². The topological polar surface area (TPSA) is 34.9 Å². The predicted octanol–water partition coefficient (Wildman–Crippen LogP) is 1.59. The lowest BCUT2D eigenvalue weighted by atomic mass is 10.4. The van der Waals surface area contributed by atoms with Crippen LogP contribution in [0.2, 0.25) is 0 Å². The summed E-state index contributed by atoms with van der Waals surface area (Å²) in [5, 5.41) is 0.688. The van der Waals surface area contributed by atoms with Gasteiger partial charge in [0, 0.05) is 24.2 Å². The molecule has 1 heterocycles. The molecule has 0 aliphatic rings. The van der Waals surface area contributed by atoms with Gasteiger partial charge in [-0.3, -0.25) is 4.21 Å². The number of hydrogen-bond donors (Lipinski definition) is 0. The van der Waals surface area contributed by atoms with Crippen LogP contribution in [-0.4, -0.2) is 19.5 Å². The van der Waals surface area contributed by atoms with Gasteiger partial charge in [0.15, 0.2) is 5.16 Å². The summed E-state index contributed by atoms with van der Waals surface area (Å²) in [4.78, 5) is 4.07. The molecule has 0 N–H and O–H groups in total. The molecule has 0 fully saturated rings. The highest BCUT2D eigenvalue weighted by atomic mass is 32.2. The van der Waals surface area contributed by atoms with Gasteiger partial charge < -0.3 is 4.57 Å². The van der Waals surface area contributed by atoms with Gasteiger partial charge >= 0.3 is 0 Å². The third kappa shape index (κ3) is 1.75. The van der Waals surface area contributed by atoms with Crippen LogP contribution >= 0.6 is 0 Å². The first-order valence-electron chi connectivity index (χ1n) is 4.08. The second-order valence-corrected chi connectivity index (χ2v) is 4.48. The lowest BCUT2D eigenvalue weighted by Crippen LogP contribution is -2.08. The average molecular weight is 186 g/mol. The fourth-order valence-electron chi connectivity index (χ4n) is 0.998. The molecule has 4 heteroatoms. The van der Waals surface area contributed by atoms with Crippen molar-refractivity contribution >= 4 is 10.8 Å². The molecule has 0 aliphatic heterocycles. The van der Waals surface area contributed by atoms with Crippen molar-refractivity contribution in [3.05, 3.63) is 12.4 Å². The van der Waals surface area contributed by atoms with Gasteiger partial charge in [-0.1, -0.05) is 6.92 Å². The zero-order valence-corrected chi connectivity index (χ0v) is 8.47. The number of nitrogens with zero attached hydrogens (tertiary/aromatic N) is 2. The van der Waals surface area contributed by atoms with Gasteiger partial charge in [0.25, 0.3) is 0 Å². The Morgan fingerprint density at radius 1 is 1.67 bits per heavy atom. The largest absolute Gasteiger partial charge is 0.322 e. The minimum Gasteiger partial charge on any atom is -0.322 e. The van der Waals surface area contributed by atoms with Crippen LogP contribution < -0.4 is 0 Å². The molecule has 0 bridgehead atoms. The molecular formula is C8H14N2OS. The van der Waals surface area contributed by atoms with Gasteiger partial charge in [0.05, 0.1) is 10.8 Å². The number of aromatic nitrogens is 2. The van der Waals surface area contributed by atoms with E-state index in [4.69, 9.17) is 0 Å². The summed E-state index contributed by atoms with van der Waals surface area (Å²) in [7, 11) is -0.940. The highest BCUT2D eigenvalue weighted by Crippen LogP contribution is 2.11. The van der Waals surface area contributed by atoms with E-state index in [2.05, 4.69) is 18.8 Å². The highest BCUT2D eigenvalue weighted by molar-refractivity contribution is 7.84. The van der Waals surface area contributed by atoms with Gasteiger partial charge in [0.1, 0.15) is 0 Å². The van der Waals surface area contributed by atoms with Crippen LogP contribution in [0.15, 0.2) is 17.6 Å². The summed E-state index contributed by atoms with van der Waals surface area (Å²) in [5.74, 6) is 0.629. The number of rotatable bonds is 3. The Balaban J connectivity index is 2.99. The van der Waals surface area contributed by atoms with Crippen molar-refractivity contribution in [3.8, 4) is 0 Å². The van der Waals surface area contributed by atoms with E-state index in [-0.39, 0.29) is 0 Å². The molecule has 1 rings (SSSR count). The number of imidazole rings is 1. The molecule has 0 aromatic carbocycles. The van der Waals surface area contributed by atoms with Crippen molar-refractivity contribution in [2.75, 3.05) is 5.75 Å². The van der Waals surface area contributed by atoms with E-state index in [0.29, 0.717) is 17.0 Å². The molecule has 0 spiro atoms. The van der Waals surface area contributed by atoms with Gasteiger partial charge in [-0.05, 0) is 13.8 Å². The maximum atomic E-state index is 11.4. The van der Waals surface area contributed by atoms with E-state index >= 15 is 0 Å².